The molecule has 3 N–H and O–H groups in total. The van der Waals surface area contributed by atoms with Gasteiger partial charge in [-0.3, -0.25) is 4.79 Å². The minimum absolute atomic E-state index is 0.119. The number of amides is 1. The van der Waals surface area contributed by atoms with E-state index in [9.17, 15) is 4.79 Å². The molecule has 0 aliphatic heterocycles. The van der Waals surface area contributed by atoms with Gasteiger partial charge in [0.05, 0.1) is 0 Å². The molecule has 0 heterocycles. The molecule has 1 aromatic rings. The van der Waals surface area contributed by atoms with Crippen molar-refractivity contribution in [2.75, 3.05) is 0 Å². The second-order valence-electron chi connectivity index (χ2n) is 2.18. The van der Waals surface area contributed by atoms with Crippen LogP contribution in [0.25, 0.3) is 0 Å². The lowest BCUT2D eigenvalue weighted by molar-refractivity contribution is -0.111. The summed E-state index contributed by atoms with van der Waals surface area (Å²) in [5, 5.41) is 11.1. The molecule has 0 aliphatic carbocycles. The fourth-order valence-corrected chi connectivity index (χ4v) is 1.38. The number of carbonyl (C=O) groups is 1. The predicted octanol–water partition coefficient (Wildman–Crippen LogP) is 1.05. The van der Waals surface area contributed by atoms with Gasteiger partial charge in [0, 0.05) is 4.90 Å². The van der Waals surface area contributed by atoms with Crippen LogP contribution in [-0.4, -0.2) is 16.2 Å². The molecule has 1 amide bonds. The summed E-state index contributed by atoms with van der Waals surface area (Å²) < 4.78 is 0. The summed E-state index contributed by atoms with van der Waals surface area (Å²) >= 11 is 1.02. The standard InChI is InChI=1S/C8H8N2O2S/c9-7(11)8(10-12)13-6-4-2-1-3-5-6/h1-5,12H,(H2,9,11)/b10-8-. The Balaban J connectivity index is 2.74. The maximum atomic E-state index is 10.6. The number of thioether (sulfide) groups is 1. The Morgan fingerprint density at radius 1 is 1.38 bits per heavy atom. The van der Waals surface area contributed by atoms with Crippen LogP contribution in [0.2, 0.25) is 0 Å². The van der Waals surface area contributed by atoms with Gasteiger partial charge in [-0.05, 0) is 12.1 Å². The third-order valence-corrected chi connectivity index (χ3v) is 2.24. The van der Waals surface area contributed by atoms with E-state index in [1.54, 1.807) is 12.1 Å². The lowest BCUT2D eigenvalue weighted by Gasteiger charge is -1.98. The minimum atomic E-state index is -0.739. The van der Waals surface area contributed by atoms with Crippen molar-refractivity contribution in [1.82, 2.24) is 0 Å². The Labute approximate surface area is 79.4 Å². The quantitative estimate of drug-likeness (QED) is 0.232. The highest BCUT2D eigenvalue weighted by molar-refractivity contribution is 8.15. The summed E-state index contributed by atoms with van der Waals surface area (Å²) in [7, 11) is 0. The van der Waals surface area contributed by atoms with Crippen molar-refractivity contribution in [3.05, 3.63) is 30.3 Å². The molecule has 0 bridgehead atoms. The van der Waals surface area contributed by atoms with Gasteiger partial charge in [-0.1, -0.05) is 35.1 Å². The molecule has 0 saturated carbocycles. The second kappa shape index (κ2) is 4.51. The summed E-state index contributed by atoms with van der Waals surface area (Å²) in [5.74, 6) is -0.739. The van der Waals surface area contributed by atoms with E-state index in [0.29, 0.717) is 0 Å². The molecular formula is C8H8N2O2S. The van der Waals surface area contributed by atoms with Gasteiger partial charge in [0.2, 0.25) is 5.04 Å². The Hall–Kier alpha value is -1.49. The normalized spacial score (nSPS) is 11.2. The first kappa shape index (κ1) is 9.60. The SMILES string of the molecule is NC(=O)/C(=N/O)Sc1ccccc1. The molecular weight excluding hydrogens is 188 g/mol. The van der Waals surface area contributed by atoms with Gasteiger partial charge in [0.1, 0.15) is 0 Å². The largest absolute Gasteiger partial charge is 0.410 e. The Morgan fingerprint density at radius 2 is 2.00 bits per heavy atom. The molecule has 68 valence electrons. The minimum Gasteiger partial charge on any atom is -0.410 e. The first-order valence-electron chi connectivity index (χ1n) is 3.49. The van der Waals surface area contributed by atoms with E-state index in [1.165, 1.54) is 0 Å². The molecule has 4 nitrogen and oxygen atoms in total. The van der Waals surface area contributed by atoms with E-state index < -0.39 is 5.91 Å². The van der Waals surface area contributed by atoms with Gasteiger partial charge in [-0.25, -0.2) is 0 Å². The average molecular weight is 196 g/mol. The molecule has 0 atom stereocenters. The molecule has 1 rings (SSSR count). The molecule has 0 aliphatic rings. The van der Waals surface area contributed by atoms with Crippen LogP contribution in [-0.2, 0) is 4.79 Å². The molecule has 0 saturated heterocycles. The first-order chi connectivity index (χ1) is 6.24. The molecule has 5 heteroatoms. The molecule has 1 aromatic carbocycles. The number of hydrogen-bond acceptors (Lipinski definition) is 4. The number of hydrogen-bond donors (Lipinski definition) is 2. The van der Waals surface area contributed by atoms with Crippen molar-refractivity contribution in [3.63, 3.8) is 0 Å². The van der Waals surface area contributed by atoms with E-state index in [4.69, 9.17) is 10.9 Å². The predicted molar refractivity (Wildman–Crippen MR) is 50.7 cm³/mol. The zero-order chi connectivity index (χ0) is 9.68. The Bertz CT molecular complexity index is 324. The Kier molecular flexibility index (Phi) is 3.33. The maximum absolute atomic E-state index is 10.6. The number of nitrogens with zero attached hydrogens (tertiary/aromatic N) is 1. The molecule has 0 radical (unpaired) electrons. The number of rotatable bonds is 1. The van der Waals surface area contributed by atoms with Gasteiger partial charge in [-0.15, -0.1) is 0 Å². The molecule has 13 heavy (non-hydrogen) atoms. The number of oxime groups is 1. The zero-order valence-electron chi connectivity index (χ0n) is 6.68. The van der Waals surface area contributed by atoms with Gasteiger partial charge in [-0.2, -0.15) is 0 Å². The van der Waals surface area contributed by atoms with Crippen molar-refractivity contribution >= 4 is 22.7 Å². The molecule has 0 unspecified atom stereocenters. The molecule has 0 spiro atoms. The average Bonchev–Trinajstić information content (AvgIpc) is 2.15. The van der Waals surface area contributed by atoms with E-state index in [2.05, 4.69) is 5.16 Å². The van der Waals surface area contributed by atoms with Crippen LogP contribution >= 0.6 is 11.8 Å². The van der Waals surface area contributed by atoms with E-state index >= 15 is 0 Å². The fourth-order valence-electron chi connectivity index (χ4n) is 0.720. The van der Waals surface area contributed by atoms with Crippen LogP contribution in [0.15, 0.2) is 40.4 Å². The summed E-state index contributed by atoms with van der Waals surface area (Å²) in [6, 6.07) is 9.07. The highest BCUT2D eigenvalue weighted by Gasteiger charge is 2.08. The van der Waals surface area contributed by atoms with Gasteiger partial charge in [0.25, 0.3) is 5.91 Å². The number of nitrogens with two attached hydrogens (primary N) is 1. The van der Waals surface area contributed by atoms with Crippen molar-refractivity contribution in [2.45, 2.75) is 4.90 Å². The second-order valence-corrected chi connectivity index (χ2v) is 3.25. The lowest BCUT2D eigenvalue weighted by atomic mass is 10.4. The monoisotopic (exact) mass is 196 g/mol. The summed E-state index contributed by atoms with van der Waals surface area (Å²) in [5.41, 5.74) is 4.94. The van der Waals surface area contributed by atoms with E-state index in [0.717, 1.165) is 16.7 Å². The van der Waals surface area contributed by atoms with Crippen LogP contribution in [0.3, 0.4) is 0 Å². The molecule has 0 fully saturated rings. The van der Waals surface area contributed by atoms with Crippen molar-refractivity contribution < 1.29 is 10.0 Å². The van der Waals surface area contributed by atoms with Gasteiger partial charge >= 0.3 is 0 Å². The van der Waals surface area contributed by atoms with Crippen LogP contribution in [0, 0.1) is 0 Å². The first-order valence-corrected chi connectivity index (χ1v) is 4.30. The highest BCUT2D eigenvalue weighted by Crippen LogP contribution is 2.18. The van der Waals surface area contributed by atoms with Crippen LogP contribution in [0.1, 0.15) is 0 Å². The third kappa shape index (κ3) is 2.79. The van der Waals surface area contributed by atoms with Crippen molar-refractivity contribution in [2.24, 2.45) is 10.9 Å². The summed E-state index contributed by atoms with van der Waals surface area (Å²) in [4.78, 5) is 11.4. The van der Waals surface area contributed by atoms with Crippen LogP contribution in [0.5, 0.6) is 0 Å². The number of benzene rings is 1. The van der Waals surface area contributed by atoms with Crippen LogP contribution < -0.4 is 5.73 Å². The highest BCUT2D eigenvalue weighted by atomic mass is 32.2. The summed E-state index contributed by atoms with van der Waals surface area (Å²) in [6.07, 6.45) is 0. The molecule has 0 aromatic heterocycles. The van der Waals surface area contributed by atoms with Crippen molar-refractivity contribution in [3.8, 4) is 0 Å². The lowest BCUT2D eigenvalue weighted by Crippen LogP contribution is -2.20. The fraction of sp³-hybridized carbons (Fsp3) is 0. The van der Waals surface area contributed by atoms with Gasteiger partial charge < -0.3 is 10.9 Å². The van der Waals surface area contributed by atoms with Gasteiger partial charge in [0.15, 0.2) is 0 Å². The van der Waals surface area contributed by atoms with Crippen LogP contribution in [0.4, 0.5) is 0 Å². The van der Waals surface area contributed by atoms with Crippen molar-refractivity contribution in [1.29, 1.82) is 0 Å². The maximum Gasteiger partial charge on any atom is 0.277 e. The third-order valence-electron chi connectivity index (χ3n) is 1.26. The van der Waals surface area contributed by atoms with E-state index in [-0.39, 0.29) is 5.04 Å². The van der Waals surface area contributed by atoms with E-state index in [1.807, 2.05) is 18.2 Å². The number of primary amides is 1. The topological polar surface area (TPSA) is 75.7 Å². The zero-order valence-corrected chi connectivity index (χ0v) is 7.49. The Morgan fingerprint density at radius 3 is 2.46 bits per heavy atom. The number of carbonyl (C=O) groups excluding carboxylic acids is 1. The smallest absolute Gasteiger partial charge is 0.277 e. The summed E-state index contributed by atoms with van der Waals surface area (Å²) in [6.45, 7) is 0.